The van der Waals surface area contributed by atoms with Crippen molar-refractivity contribution < 1.29 is 4.39 Å². The molecule has 4 heteroatoms. The van der Waals surface area contributed by atoms with E-state index in [4.69, 9.17) is 0 Å². The third-order valence-electron chi connectivity index (χ3n) is 2.68. The zero-order chi connectivity index (χ0) is 13.8. The average Bonchev–Trinajstić information content (AvgIpc) is 2.26. The van der Waals surface area contributed by atoms with Gasteiger partial charge in [-0.2, -0.15) is 0 Å². The highest BCUT2D eigenvalue weighted by Crippen LogP contribution is 2.19. The van der Waals surface area contributed by atoms with E-state index in [9.17, 15) is 4.39 Å². The van der Waals surface area contributed by atoms with E-state index < -0.39 is 0 Å². The predicted molar refractivity (Wildman–Crippen MR) is 74.3 cm³/mol. The predicted octanol–water partition coefficient (Wildman–Crippen LogP) is 2.96. The summed E-state index contributed by atoms with van der Waals surface area (Å²) in [6, 6.07) is 1.73. The molecule has 0 amide bonds. The maximum absolute atomic E-state index is 14.3. The minimum absolute atomic E-state index is 0.0226. The number of nitrogens with one attached hydrogen (secondary N) is 1. The van der Waals surface area contributed by atoms with Gasteiger partial charge in [-0.25, -0.2) is 9.37 Å². The summed E-state index contributed by atoms with van der Waals surface area (Å²) < 4.78 is 14.3. The normalized spacial score (nSPS) is 11.7. The van der Waals surface area contributed by atoms with E-state index in [1.165, 1.54) is 0 Å². The minimum atomic E-state index is -0.217. The molecule has 102 valence electrons. The Bertz CT molecular complexity index is 385. The molecule has 0 aliphatic carbocycles. The van der Waals surface area contributed by atoms with Crippen LogP contribution in [0.3, 0.4) is 0 Å². The molecule has 0 atom stereocenters. The largest absolute Gasteiger partial charge is 0.357 e. The molecule has 1 aromatic heterocycles. The summed E-state index contributed by atoms with van der Waals surface area (Å²) >= 11 is 0. The maximum atomic E-state index is 14.3. The van der Waals surface area contributed by atoms with Gasteiger partial charge in [-0.15, -0.1) is 0 Å². The molecule has 0 fully saturated rings. The fraction of sp³-hybridized carbons (Fsp3) is 0.643. The van der Waals surface area contributed by atoms with E-state index in [1.54, 1.807) is 12.3 Å². The van der Waals surface area contributed by atoms with E-state index >= 15 is 0 Å². The molecular formula is C14H24FN3. The molecule has 0 bridgehead atoms. The molecule has 0 spiro atoms. The summed E-state index contributed by atoms with van der Waals surface area (Å²) in [6.07, 6.45) is 2.65. The van der Waals surface area contributed by atoms with E-state index in [1.807, 2.05) is 11.9 Å². The molecule has 1 heterocycles. The van der Waals surface area contributed by atoms with Crippen molar-refractivity contribution in [3.05, 3.63) is 23.6 Å². The fourth-order valence-corrected chi connectivity index (χ4v) is 1.68. The molecule has 1 aromatic rings. The van der Waals surface area contributed by atoms with Gasteiger partial charge in [0.2, 0.25) is 0 Å². The lowest BCUT2D eigenvalue weighted by molar-refractivity contribution is 0.418. The van der Waals surface area contributed by atoms with Crippen LogP contribution < -0.4 is 10.2 Å². The van der Waals surface area contributed by atoms with Gasteiger partial charge < -0.3 is 10.2 Å². The van der Waals surface area contributed by atoms with Gasteiger partial charge in [-0.1, -0.05) is 6.92 Å². The van der Waals surface area contributed by atoms with Crippen LogP contribution in [0.4, 0.5) is 10.2 Å². The lowest BCUT2D eigenvalue weighted by Gasteiger charge is -2.22. The molecule has 0 unspecified atom stereocenters. The number of pyridine rings is 1. The van der Waals surface area contributed by atoms with Crippen molar-refractivity contribution in [2.45, 2.75) is 46.2 Å². The first-order valence-electron chi connectivity index (χ1n) is 6.44. The molecule has 1 N–H and O–H groups in total. The first kappa shape index (κ1) is 14.9. The second-order valence-corrected chi connectivity index (χ2v) is 5.63. The summed E-state index contributed by atoms with van der Waals surface area (Å²) in [5.41, 5.74) is 0.642. The van der Waals surface area contributed by atoms with Crippen LogP contribution in [0.25, 0.3) is 0 Å². The number of hydrogen-bond acceptors (Lipinski definition) is 3. The Hall–Kier alpha value is -1.16. The molecule has 18 heavy (non-hydrogen) atoms. The standard InChI is InChI=1S/C14H24FN3/c1-6-9-18(5)13-12(15)11(7-8-16-13)10-17-14(2,3)4/h7-8,17H,6,9-10H2,1-5H3. The van der Waals surface area contributed by atoms with Crippen molar-refractivity contribution >= 4 is 5.82 Å². The number of nitrogens with zero attached hydrogens (tertiary/aromatic N) is 2. The quantitative estimate of drug-likeness (QED) is 0.874. The monoisotopic (exact) mass is 253 g/mol. The highest BCUT2D eigenvalue weighted by molar-refractivity contribution is 5.42. The molecule has 0 saturated carbocycles. The maximum Gasteiger partial charge on any atom is 0.170 e. The molecule has 0 aromatic carbocycles. The van der Waals surface area contributed by atoms with Crippen LogP contribution in [0, 0.1) is 5.82 Å². The molecular weight excluding hydrogens is 229 g/mol. The van der Waals surface area contributed by atoms with Crippen molar-refractivity contribution in [2.75, 3.05) is 18.5 Å². The van der Waals surface area contributed by atoms with Crippen LogP contribution in [0.2, 0.25) is 0 Å². The molecule has 0 aliphatic rings. The lowest BCUT2D eigenvalue weighted by Crippen LogP contribution is -2.35. The Morgan fingerprint density at radius 1 is 1.39 bits per heavy atom. The SMILES string of the molecule is CCCN(C)c1nccc(CNC(C)(C)C)c1F. The summed E-state index contributed by atoms with van der Waals surface area (Å²) in [6.45, 7) is 9.59. The Morgan fingerprint density at radius 2 is 2.06 bits per heavy atom. The summed E-state index contributed by atoms with van der Waals surface area (Å²) in [5, 5.41) is 3.29. The van der Waals surface area contributed by atoms with Gasteiger partial charge >= 0.3 is 0 Å². The van der Waals surface area contributed by atoms with Crippen molar-refractivity contribution in [3.8, 4) is 0 Å². The summed E-state index contributed by atoms with van der Waals surface area (Å²) in [7, 11) is 1.87. The van der Waals surface area contributed by atoms with E-state index in [-0.39, 0.29) is 11.4 Å². The second-order valence-electron chi connectivity index (χ2n) is 5.63. The number of hydrogen-bond donors (Lipinski definition) is 1. The third kappa shape index (κ3) is 4.26. The first-order valence-corrected chi connectivity index (χ1v) is 6.44. The molecule has 1 rings (SSSR count). The smallest absolute Gasteiger partial charge is 0.170 e. The van der Waals surface area contributed by atoms with Crippen LogP contribution in [-0.4, -0.2) is 24.1 Å². The highest BCUT2D eigenvalue weighted by Gasteiger charge is 2.15. The third-order valence-corrected chi connectivity index (χ3v) is 2.68. The topological polar surface area (TPSA) is 28.2 Å². The minimum Gasteiger partial charge on any atom is -0.357 e. The van der Waals surface area contributed by atoms with Crippen LogP contribution in [0.5, 0.6) is 0 Å². The molecule has 0 radical (unpaired) electrons. The van der Waals surface area contributed by atoms with Gasteiger partial charge in [-0.3, -0.25) is 0 Å². The second kappa shape index (κ2) is 6.14. The Balaban J connectivity index is 2.85. The number of rotatable bonds is 5. The van der Waals surface area contributed by atoms with E-state index in [2.05, 4.69) is 38.0 Å². The average molecular weight is 253 g/mol. The number of anilines is 1. The zero-order valence-corrected chi connectivity index (χ0v) is 12.0. The Morgan fingerprint density at radius 3 is 2.61 bits per heavy atom. The van der Waals surface area contributed by atoms with E-state index in [0.717, 1.165) is 13.0 Å². The summed E-state index contributed by atoms with van der Waals surface area (Å²) in [4.78, 5) is 5.98. The fourth-order valence-electron chi connectivity index (χ4n) is 1.68. The van der Waals surface area contributed by atoms with Gasteiger partial charge in [0, 0.05) is 37.4 Å². The lowest BCUT2D eigenvalue weighted by atomic mass is 10.1. The van der Waals surface area contributed by atoms with Gasteiger partial charge in [0.05, 0.1) is 0 Å². The first-order chi connectivity index (χ1) is 8.35. The number of halogens is 1. The van der Waals surface area contributed by atoms with Crippen LogP contribution >= 0.6 is 0 Å². The molecule has 0 saturated heterocycles. The van der Waals surface area contributed by atoms with E-state index in [0.29, 0.717) is 17.9 Å². The van der Waals surface area contributed by atoms with Crippen LogP contribution in [0.15, 0.2) is 12.3 Å². The summed E-state index contributed by atoms with van der Waals surface area (Å²) in [5.74, 6) is 0.218. The number of aromatic nitrogens is 1. The Kier molecular flexibility index (Phi) is 5.08. The van der Waals surface area contributed by atoms with Crippen LogP contribution in [-0.2, 0) is 6.54 Å². The van der Waals surface area contributed by atoms with Crippen molar-refractivity contribution in [1.82, 2.24) is 10.3 Å². The van der Waals surface area contributed by atoms with Crippen molar-refractivity contribution in [1.29, 1.82) is 0 Å². The Labute approximate surface area is 109 Å². The van der Waals surface area contributed by atoms with Gasteiger partial charge in [-0.05, 0) is 33.3 Å². The molecule has 3 nitrogen and oxygen atoms in total. The molecule has 0 aliphatic heterocycles. The zero-order valence-electron chi connectivity index (χ0n) is 12.0. The van der Waals surface area contributed by atoms with Gasteiger partial charge in [0.15, 0.2) is 11.6 Å². The highest BCUT2D eigenvalue weighted by atomic mass is 19.1. The van der Waals surface area contributed by atoms with Crippen LogP contribution in [0.1, 0.15) is 39.7 Å². The van der Waals surface area contributed by atoms with Gasteiger partial charge in [0.1, 0.15) is 0 Å². The van der Waals surface area contributed by atoms with Crippen molar-refractivity contribution in [3.63, 3.8) is 0 Å². The van der Waals surface area contributed by atoms with Crippen molar-refractivity contribution in [2.24, 2.45) is 0 Å². The van der Waals surface area contributed by atoms with Gasteiger partial charge in [0.25, 0.3) is 0 Å².